The van der Waals surface area contributed by atoms with Crippen molar-refractivity contribution in [2.24, 2.45) is 7.05 Å². The van der Waals surface area contributed by atoms with Gasteiger partial charge in [0.1, 0.15) is 12.4 Å². The third-order valence-corrected chi connectivity index (χ3v) is 4.36. The van der Waals surface area contributed by atoms with Gasteiger partial charge in [0.05, 0.1) is 17.3 Å². The highest BCUT2D eigenvalue weighted by molar-refractivity contribution is 6.32. The number of amides is 1. The molecule has 0 aliphatic heterocycles. The molecule has 0 unspecified atom stereocenters. The van der Waals surface area contributed by atoms with E-state index in [0.29, 0.717) is 29.5 Å². The molecule has 1 aromatic heterocycles. The molecule has 0 aliphatic rings. The minimum Gasteiger partial charge on any atom is -0.487 e. The largest absolute Gasteiger partial charge is 0.487 e. The number of ether oxygens (including phenoxy) is 1. The van der Waals surface area contributed by atoms with Crippen molar-refractivity contribution in [3.8, 4) is 5.75 Å². The first-order valence-electron chi connectivity index (χ1n) is 8.26. The van der Waals surface area contributed by atoms with Gasteiger partial charge in [-0.05, 0) is 48.4 Å². The fraction of sp³-hybridized carbons (Fsp3) is 0.200. The van der Waals surface area contributed by atoms with Crippen LogP contribution >= 0.6 is 11.6 Å². The third-order valence-electron chi connectivity index (χ3n) is 4.05. The fourth-order valence-electron chi connectivity index (χ4n) is 2.48. The number of carbonyl (C=O) groups is 1. The van der Waals surface area contributed by atoms with Crippen LogP contribution in [0.2, 0.25) is 5.02 Å². The van der Waals surface area contributed by atoms with Crippen molar-refractivity contribution in [3.63, 3.8) is 0 Å². The Morgan fingerprint density at radius 3 is 2.65 bits per heavy atom. The molecule has 0 saturated heterocycles. The summed E-state index contributed by atoms with van der Waals surface area (Å²) in [6.07, 6.45) is 1.71. The van der Waals surface area contributed by atoms with Crippen LogP contribution in [-0.4, -0.2) is 15.7 Å². The molecule has 6 heteroatoms. The van der Waals surface area contributed by atoms with Gasteiger partial charge in [-0.15, -0.1) is 0 Å². The molecule has 0 spiro atoms. The predicted octanol–water partition coefficient (Wildman–Crippen LogP) is 3.89. The van der Waals surface area contributed by atoms with Gasteiger partial charge in [0.2, 0.25) is 0 Å². The molecule has 26 heavy (non-hydrogen) atoms. The first kappa shape index (κ1) is 18.0. The molecule has 0 bridgehead atoms. The van der Waals surface area contributed by atoms with E-state index in [1.807, 2.05) is 50.4 Å². The summed E-state index contributed by atoms with van der Waals surface area (Å²) < 4.78 is 7.50. The highest BCUT2D eigenvalue weighted by Crippen LogP contribution is 2.26. The van der Waals surface area contributed by atoms with Crippen molar-refractivity contribution in [1.82, 2.24) is 15.1 Å². The lowest BCUT2D eigenvalue weighted by atomic mass is 10.1. The number of nitrogens with zero attached hydrogens (tertiary/aromatic N) is 2. The topological polar surface area (TPSA) is 56.1 Å². The molecule has 3 aromatic rings. The summed E-state index contributed by atoms with van der Waals surface area (Å²) in [5.41, 5.74) is 3.60. The number of hydrogen-bond donors (Lipinski definition) is 1. The summed E-state index contributed by atoms with van der Waals surface area (Å²) >= 11 is 6.13. The second-order valence-corrected chi connectivity index (χ2v) is 6.46. The second kappa shape index (κ2) is 8.06. The van der Waals surface area contributed by atoms with E-state index in [0.717, 1.165) is 16.8 Å². The van der Waals surface area contributed by atoms with Crippen LogP contribution < -0.4 is 10.1 Å². The zero-order valence-corrected chi connectivity index (χ0v) is 15.5. The Labute approximate surface area is 157 Å². The lowest BCUT2D eigenvalue weighted by Crippen LogP contribution is -2.24. The molecular weight excluding hydrogens is 350 g/mol. The van der Waals surface area contributed by atoms with Crippen molar-refractivity contribution >= 4 is 17.5 Å². The Bertz CT molecular complexity index is 904. The summed E-state index contributed by atoms with van der Waals surface area (Å²) in [6.45, 7) is 2.81. The molecule has 0 atom stereocenters. The number of hydrogen-bond acceptors (Lipinski definition) is 3. The lowest BCUT2D eigenvalue weighted by molar-refractivity contribution is 0.0950. The van der Waals surface area contributed by atoms with Gasteiger partial charge in [-0.3, -0.25) is 9.48 Å². The summed E-state index contributed by atoms with van der Waals surface area (Å²) in [6, 6.07) is 14.9. The van der Waals surface area contributed by atoms with Crippen molar-refractivity contribution < 1.29 is 9.53 Å². The third kappa shape index (κ3) is 4.43. The minimum absolute atomic E-state index is 0.125. The van der Waals surface area contributed by atoms with Crippen LogP contribution in [0.3, 0.4) is 0 Å². The zero-order valence-electron chi connectivity index (χ0n) is 14.7. The van der Waals surface area contributed by atoms with E-state index >= 15 is 0 Å². The first-order valence-corrected chi connectivity index (χ1v) is 8.63. The van der Waals surface area contributed by atoms with Crippen molar-refractivity contribution in [3.05, 3.63) is 82.1 Å². The molecule has 1 N–H and O–H groups in total. The van der Waals surface area contributed by atoms with E-state index in [-0.39, 0.29) is 5.91 Å². The van der Waals surface area contributed by atoms with Gasteiger partial charge in [-0.25, -0.2) is 0 Å². The van der Waals surface area contributed by atoms with E-state index < -0.39 is 0 Å². The van der Waals surface area contributed by atoms with Gasteiger partial charge in [0.15, 0.2) is 0 Å². The number of nitrogens with one attached hydrogen (secondary N) is 1. The fourth-order valence-corrected chi connectivity index (χ4v) is 2.65. The van der Waals surface area contributed by atoms with Gasteiger partial charge >= 0.3 is 0 Å². The smallest absolute Gasteiger partial charge is 0.251 e. The van der Waals surface area contributed by atoms with Crippen LogP contribution in [-0.2, 0) is 20.2 Å². The monoisotopic (exact) mass is 369 g/mol. The van der Waals surface area contributed by atoms with Gasteiger partial charge in [0, 0.05) is 18.8 Å². The summed E-state index contributed by atoms with van der Waals surface area (Å²) in [7, 11) is 1.84. The average Bonchev–Trinajstić information content (AvgIpc) is 3.06. The predicted molar refractivity (Wildman–Crippen MR) is 101 cm³/mol. The number of aromatic nitrogens is 2. The number of carbonyl (C=O) groups excluding carboxylic acids is 1. The lowest BCUT2D eigenvalue weighted by Gasteiger charge is -2.10. The Balaban J connectivity index is 1.56. The van der Waals surface area contributed by atoms with Gasteiger partial charge in [0.25, 0.3) is 5.91 Å². The highest BCUT2D eigenvalue weighted by Gasteiger charge is 2.07. The van der Waals surface area contributed by atoms with Gasteiger partial charge in [-0.1, -0.05) is 29.8 Å². The molecule has 1 amide bonds. The average molecular weight is 370 g/mol. The van der Waals surface area contributed by atoms with Gasteiger partial charge in [-0.2, -0.15) is 5.10 Å². The van der Waals surface area contributed by atoms with Crippen LogP contribution in [0.4, 0.5) is 0 Å². The number of rotatable bonds is 6. The van der Waals surface area contributed by atoms with E-state index in [9.17, 15) is 4.79 Å². The van der Waals surface area contributed by atoms with Crippen LogP contribution in [0.1, 0.15) is 27.2 Å². The number of aryl methyl sites for hydroxylation is 2. The zero-order chi connectivity index (χ0) is 18.5. The number of benzene rings is 2. The second-order valence-electron chi connectivity index (χ2n) is 6.05. The Morgan fingerprint density at radius 2 is 1.96 bits per heavy atom. The Morgan fingerprint density at radius 1 is 1.19 bits per heavy atom. The number of halogens is 1. The van der Waals surface area contributed by atoms with Crippen LogP contribution in [0.15, 0.2) is 54.7 Å². The normalized spacial score (nSPS) is 10.6. The van der Waals surface area contributed by atoms with E-state index in [1.165, 1.54) is 0 Å². The standard InChI is InChI=1S/C20H20ClN3O2/c1-14-3-8-18(21)19(11-14)26-13-15-4-6-16(7-5-15)20(25)22-12-17-9-10-23-24(17)2/h3-11H,12-13H2,1-2H3,(H,22,25). The van der Waals surface area contributed by atoms with Crippen LogP contribution in [0.5, 0.6) is 5.75 Å². The summed E-state index contributed by atoms with van der Waals surface area (Å²) in [5.74, 6) is 0.532. The maximum atomic E-state index is 12.2. The van der Waals surface area contributed by atoms with E-state index in [1.54, 1.807) is 23.0 Å². The molecule has 0 saturated carbocycles. The van der Waals surface area contributed by atoms with Crippen molar-refractivity contribution in [2.45, 2.75) is 20.1 Å². The van der Waals surface area contributed by atoms with Crippen LogP contribution in [0, 0.1) is 6.92 Å². The Hall–Kier alpha value is -2.79. The van der Waals surface area contributed by atoms with Crippen LogP contribution in [0.25, 0.3) is 0 Å². The van der Waals surface area contributed by atoms with Crippen molar-refractivity contribution in [2.75, 3.05) is 0 Å². The Kier molecular flexibility index (Phi) is 5.58. The highest BCUT2D eigenvalue weighted by atomic mass is 35.5. The SMILES string of the molecule is Cc1ccc(Cl)c(OCc2ccc(C(=O)NCc3ccnn3C)cc2)c1. The molecule has 0 fully saturated rings. The van der Waals surface area contributed by atoms with Gasteiger partial charge < -0.3 is 10.1 Å². The molecule has 2 aromatic carbocycles. The van der Waals surface area contributed by atoms with E-state index in [4.69, 9.17) is 16.3 Å². The summed E-state index contributed by atoms with van der Waals surface area (Å²) in [4.78, 5) is 12.2. The molecule has 134 valence electrons. The molecule has 0 aliphatic carbocycles. The van der Waals surface area contributed by atoms with Crippen molar-refractivity contribution in [1.29, 1.82) is 0 Å². The molecule has 5 nitrogen and oxygen atoms in total. The maximum Gasteiger partial charge on any atom is 0.251 e. The molecule has 3 rings (SSSR count). The minimum atomic E-state index is -0.125. The molecular formula is C20H20ClN3O2. The molecule has 0 radical (unpaired) electrons. The molecule has 1 heterocycles. The first-order chi connectivity index (χ1) is 12.5. The quantitative estimate of drug-likeness (QED) is 0.717. The summed E-state index contributed by atoms with van der Waals surface area (Å²) in [5, 5.41) is 7.55. The maximum absolute atomic E-state index is 12.2. The van der Waals surface area contributed by atoms with E-state index in [2.05, 4.69) is 10.4 Å².